The van der Waals surface area contributed by atoms with E-state index in [1.54, 1.807) is 42.5 Å². The standard InChI is InChI=1S/C32H35F3O2/c1-2-3-29(36)24-13-10-22(11-14-24)27-17-16-26(31(34)32(27)35)21-7-4-20(5-8-21)6-9-23-12-15-25(18-28(23)33)30-19-37-30/h10-18,20-21,29-30,36H,2-9,19H2,1H3. The maximum atomic E-state index is 15.2. The van der Waals surface area contributed by atoms with Crippen LogP contribution in [-0.4, -0.2) is 11.7 Å². The molecule has 5 rings (SSSR count). The number of ether oxygens (including phenoxy) is 1. The van der Waals surface area contributed by atoms with Gasteiger partial charge in [0.25, 0.3) is 0 Å². The Hall–Kier alpha value is -2.63. The van der Waals surface area contributed by atoms with Crippen LogP contribution in [0.15, 0.2) is 54.6 Å². The van der Waals surface area contributed by atoms with E-state index in [-0.39, 0.29) is 23.4 Å². The first-order valence-corrected chi connectivity index (χ1v) is 13.6. The lowest BCUT2D eigenvalue weighted by molar-refractivity contribution is 0.166. The number of aryl methyl sites for hydroxylation is 1. The van der Waals surface area contributed by atoms with Gasteiger partial charge in [-0.15, -0.1) is 0 Å². The fraction of sp³-hybridized carbons (Fsp3) is 0.438. The van der Waals surface area contributed by atoms with Gasteiger partial charge in [0.05, 0.1) is 12.7 Å². The molecule has 0 aromatic heterocycles. The number of epoxide rings is 1. The lowest BCUT2D eigenvalue weighted by Gasteiger charge is -2.29. The van der Waals surface area contributed by atoms with Crippen LogP contribution in [0.3, 0.4) is 0 Å². The number of aliphatic hydroxyl groups is 1. The summed E-state index contributed by atoms with van der Waals surface area (Å²) >= 11 is 0. The van der Waals surface area contributed by atoms with E-state index < -0.39 is 17.7 Å². The Bertz CT molecular complexity index is 1210. The van der Waals surface area contributed by atoms with Crippen molar-refractivity contribution in [1.29, 1.82) is 0 Å². The van der Waals surface area contributed by atoms with Gasteiger partial charge in [-0.2, -0.15) is 0 Å². The van der Waals surface area contributed by atoms with Gasteiger partial charge in [-0.25, -0.2) is 13.2 Å². The molecule has 0 amide bonds. The number of halogens is 3. The second-order valence-electron chi connectivity index (χ2n) is 10.7. The van der Waals surface area contributed by atoms with Gasteiger partial charge in [-0.05, 0) is 90.7 Å². The van der Waals surface area contributed by atoms with E-state index in [4.69, 9.17) is 4.74 Å². The van der Waals surface area contributed by atoms with Crippen LogP contribution < -0.4 is 0 Å². The van der Waals surface area contributed by atoms with Crippen molar-refractivity contribution >= 4 is 0 Å². The van der Waals surface area contributed by atoms with Crippen LogP contribution in [0, 0.1) is 23.4 Å². The van der Waals surface area contributed by atoms with Crippen LogP contribution in [0.2, 0.25) is 0 Å². The van der Waals surface area contributed by atoms with Crippen molar-refractivity contribution in [2.45, 2.75) is 76.4 Å². The summed E-state index contributed by atoms with van der Waals surface area (Å²) in [4.78, 5) is 0. The maximum Gasteiger partial charge on any atom is 0.166 e. The van der Waals surface area contributed by atoms with E-state index in [9.17, 15) is 9.50 Å². The van der Waals surface area contributed by atoms with Crippen molar-refractivity contribution in [2.24, 2.45) is 5.92 Å². The summed E-state index contributed by atoms with van der Waals surface area (Å²) in [5.74, 6) is -1.25. The minimum Gasteiger partial charge on any atom is -0.388 e. The molecule has 2 nitrogen and oxygen atoms in total. The third-order valence-electron chi connectivity index (χ3n) is 8.17. The molecule has 5 heteroatoms. The summed E-state index contributed by atoms with van der Waals surface area (Å²) in [5.41, 5.74) is 3.73. The van der Waals surface area contributed by atoms with Crippen LogP contribution in [0.4, 0.5) is 13.2 Å². The molecule has 0 bridgehead atoms. The number of benzene rings is 3. The Labute approximate surface area is 217 Å². The molecule has 0 spiro atoms. The summed E-state index contributed by atoms with van der Waals surface area (Å²) in [7, 11) is 0. The number of aliphatic hydroxyl groups excluding tert-OH is 1. The van der Waals surface area contributed by atoms with E-state index in [0.717, 1.165) is 55.2 Å². The molecule has 196 valence electrons. The highest BCUT2D eigenvalue weighted by atomic mass is 19.2. The minimum atomic E-state index is -0.808. The fourth-order valence-corrected chi connectivity index (χ4v) is 5.76. The summed E-state index contributed by atoms with van der Waals surface area (Å²) < 4.78 is 50.0. The predicted molar refractivity (Wildman–Crippen MR) is 140 cm³/mol. The topological polar surface area (TPSA) is 32.8 Å². The van der Waals surface area contributed by atoms with E-state index in [2.05, 4.69) is 0 Å². The van der Waals surface area contributed by atoms with Gasteiger partial charge in [-0.1, -0.05) is 61.9 Å². The molecule has 1 saturated carbocycles. The molecule has 1 heterocycles. The molecule has 2 fully saturated rings. The molecule has 3 aromatic carbocycles. The molecular formula is C32H35F3O2. The largest absolute Gasteiger partial charge is 0.388 e. The first-order valence-electron chi connectivity index (χ1n) is 13.6. The fourth-order valence-electron chi connectivity index (χ4n) is 5.76. The number of hydrogen-bond acceptors (Lipinski definition) is 2. The van der Waals surface area contributed by atoms with Crippen molar-refractivity contribution in [3.8, 4) is 11.1 Å². The number of hydrogen-bond donors (Lipinski definition) is 1. The average Bonchev–Trinajstić information content (AvgIpc) is 3.76. The van der Waals surface area contributed by atoms with Crippen LogP contribution >= 0.6 is 0 Å². The van der Waals surface area contributed by atoms with Crippen LogP contribution in [0.5, 0.6) is 0 Å². The summed E-state index contributed by atoms with van der Waals surface area (Å²) in [6.07, 6.45) is 6.14. The van der Waals surface area contributed by atoms with E-state index >= 15 is 8.78 Å². The third kappa shape index (κ3) is 5.94. The Morgan fingerprint density at radius 3 is 2.30 bits per heavy atom. The van der Waals surface area contributed by atoms with E-state index in [1.165, 1.54) is 0 Å². The Kier molecular flexibility index (Phi) is 8.01. The van der Waals surface area contributed by atoms with Crippen LogP contribution in [-0.2, 0) is 11.2 Å². The highest BCUT2D eigenvalue weighted by Crippen LogP contribution is 2.40. The first-order chi connectivity index (χ1) is 17.9. The van der Waals surface area contributed by atoms with Crippen molar-refractivity contribution in [2.75, 3.05) is 6.61 Å². The van der Waals surface area contributed by atoms with Gasteiger partial charge in [0.15, 0.2) is 11.6 Å². The zero-order valence-corrected chi connectivity index (χ0v) is 21.4. The normalized spacial score (nSPS) is 22.1. The number of rotatable bonds is 9. The van der Waals surface area contributed by atoms with Crippen LogP contribution in [0.1, 0.15) is 92.2 Å². The smallest absolute Gasteiger partial charge is 0.166 e. The van der Waals surface area contributed by atoms with Crippen molar-refractivity contribution < 1.29 is 23.0 Å². The zero-order chi connectivity index (χ0) is 25.9. The second-order valence-corrected chi connectivity index (χ2v) is 10.7. The molecule has 1 aliphatic carbocycles. The zero-order valence-electron chi connectivity index (χ0n) is 21.4. The van der Waals surface area contributed by atoms with Gasteiger partial charge in [0.2, 0.25) is 0 Å². The van der Waals surface area contributed by atoms with Gasteiger partial charge >= 0.3 is 0 Å². The Balaban J connectivity index is 1.18. The average molecular weight is 509 g/mol. The van der Waals surface area contributed by atoms with Crippen molar-refractivity contribution in [3.05, 3.63) is 94.3 Å². The van der Waals surface area contributed by atoms with Gasteiger partial charge in [0, 0.05) is 5.56 Å². The molecule has 1 saturated heterocycles. The Morgan fingerprint density at radius 2 is 1.65 bits per heavy atom. The highest BCUT2D eigenvalue weighted by Gasteiger charge is 2.28. The summed E-state index contributed by atoms with van der Waals surface area (Å²) in [6, 6.07) is 15.9. The lowest BCUT2D eigenvalue weighted by Crippen LogP contribution is -2.16. The summed E-state index contributed by atoms with van der Waals surface area (Å²) in [6.45, 7) is 2.68. The maximum absolute atomic E-state index is 15.2. The molecule has 0 radical (unpaired) electrons. The molecule has 2 aliphatic rings. The van der Waals surface area contributed by atoms with Crippen molar-refractivity contribution in [3.63, 3.8) is 0 Å². The first kappa shape index (κ1) is 26.0. The molecule has 37 heavy (non-hydrogen) atoms. The summed E-state index contributed by atoms with van der Waals surface area (Å²) in [5, 5.41) is 10.2. The monoisotopic (exact) mass is 508 g/mol. The lowest BCUT2D eigenvalue weighted by atomic mass is 9.76. The molecule has 2 unspecified atom stereocenters. The molecule has 1 aliphatic heterocycles. The van der Waals surface area contributed by atoms with Crippen LogP contribution in [0.25, 0.3) is 11.1 Å². The van der Waals surface area contributed by atoms with E-state index in [0.29, 0.717) is 36.5 Å². The van der Waals surface area contributed by atoms with Gasteiger partial charge in [0.1, 0.15) is 11.9 Å². The van der Waals surface area contributed by atoms with E-state index in [1.807, 2.05) is 19.1 Å². The molecule has 3 aromatic rings. The van der Waals surface area contributed by atoms with Gasteiger partial charge in [-0.3, -0.25) is 0 Å². The molecule has 1 N–H and O–H groups in total. The van der Waals surface area contributed by atoms with Gasteiger partial charge < -0.3 is 9.84 Å². The third-order valence-corrected chi connectivity index (χ3v) is 8.17. The SMILES string of the molecule is CCCC(O)c1ccc(-c2ccc(C3CCC(CCc4ccc(C5CO5)cc4F)CC3)c(F)c2F)cc1. The molecular weight excluding hydrogens is 473 g/mol. The predicted octanol–water partition coefficient (Wildman–Crippen LogP) is 8.58. The quantitative estimate of drug-likeness (QED) is 0.294. The van der Waals surface area contributed by atoms with Crippen molar-refractivity contribution in [1.82, 2.24) is 0 Å². The Morgan fingerprint density at radius 1 is 0.919 bits per heavy atom. The highest BCUT2D eigenvalue weighted by molar-refractivity contribution is 5.65. The second kappa shape index (κ2) is 11.4. The minimum absolute atomic E-state index is 0.000860. The molecule has 2 atom stereocenters.